The first kappa shape index (κ1) is 22.4. The largest absolute Gasteiger partial charge is 0.573 e. The molecule has 1 heterocycles. The maximum Gasteiger partial charge on any atom is 0.573 e. The van der Waals surface area contributed by atoms with E-state index in [0.29, 0.717) is 22.4 Å². The Hall–Kier alpha value is -3.33. The molecule has 0 atom stereocenters. The molecule has 0 spiro atoms. The Labute approximate surface area is 179 Å². The van der Waals surface area contributed by atoms with Gasteiger partial charge in [0.2, 0.25) is 0 Å². The van der Waals surface area contributed by atoms with Crippen molar-refractivity contribution < 1.29 is 31.8 Å². The highest BCUT2D eigenvalue weighted by Gasteiger charge is 2.31. The first-order valence-electron chi connectivity index (χ1n) is 8.77. The van der Waals surface area contributed by atoms with Crippen molar-refractivity contribution in [2.45, 2.75) is 12.9 Å². The standard InChI is InChI=1S/C21H15ClF4N2O3/c1-30-19-9-15(23)2-3-18(19)17-4-5-27-10-13(17)11-28-20(29)12-6-14(22)8-16(7-12)31-21(24,25)26/h2-10H,11H2,1H3,(H,28,29). The van der Waals surface area contributed by atoms with Crippen LogP contribution in [0.2, 0.25) is 5.02 Å². The van der Waals surface area contributed by atoms with Crippen LogP contribution in [0, 0.1) is 5.82 Å². The number of nitrogens with one attached hydrogen (secondary N) is 1. The molecule has 0 bridgehead atoms. The number of aromatic nitrogens is 1. The van der Waals surface area contributed by atoms with Gasteiger partial charge in [-0.05, 0) is 47.5 Å². The maximum atomic E-state index is 13.5. The predicted molar refractivity (Wildman–Crippen MR) is 105 cm³/mol. The molecule has 3 rings (SSSR count). The summed E-state index contributed by atoms with van der Waals surface area (Å²) in [5.41, 5.74) is 1.68. The van der Waals surface area contributed by atoms with Gasteiger partial charge in [-0.1, -0.05) is 11.6 Å². The molecule has 2 aromatic carbocycles. The van der Waals surface area contributed by atoms with Crippen molar-refractivity contribution in [3.05, 3.63) is 76.8 Å². The lowest BCUT2D eigenvalue weighted by Gasteiger charge is -2.14. The van der Waals surface area contributed by atoms with Crippen LogP contribution < -0.4 is 14.8 Å². The summed E-state index contributed by atoms with van der Waals surface area (Å²) >= 11 is 5.81. The minimum atomic E-state index is -4.92. The number of carbonyl (C=O) groups excluding carboxylic acids is 1. The molecule has 0 saturated heterocycles. The summed E-state index contributed by atoms with van der Waals surface area (Å²) in [5.74, 6) is -1.46. The highest BCUT2D eigenvalue weighted by Crippen LogP contribution is 2.33. The van der Waals surface area contributed by atoms with Gasteiger partial charge in [0.15, 0.2) is 0 Å². The Bertz CT molecular complexity index is 1110. The van der Waals surface area contributed by atoms with Crippen LogP contribution in [0.5, 0.6) is 11.5 Å². The van der Waals surface area contributed by atoms with Crippen molar-refractivity contribution in [1.82, 2.24) is 10.3 Å². The van der Waals surface area contributed by atoms with Gasteiger partial charge in [0.1, 0.15) is 17.3 Å². The molecule has 0 fully saturated rings. The Morgan fingerprint density at radius 2 is 1.90 bits per heavy atom. The van der Waals surface area contributed by atoms with Crippen LogP contribution in [0.1, 0.15) is 15.9 Å². The van der Waals surface area contributed by atoms with E-state index in [2.05, 4.69) is 15.0 Å². The fourth-order valence-electron chi connectivity index (χ4n) is 2.88. The molecule has 1 N–H and O–H groups in total. The number of amides is 1. The zero-order valence-corrected chi connectivity index (χ0v) is 16.7. The number of methoxy groups -OCH3 is 1. The highest BCUT2D eigenvalue weighted by molar-refractivity contribution is 6.31. The van der Waals surface area contributed by atoms with E-state index in [1.807, 2.05) is 0 Å². The second kappa shape index (κ2) is 9.22. The number of benzene rings is 2. The molecular weight excluding hydrogens is 440 g/mol. The van der Waals surface area contributed by atoms with Gasteiger partial charge >= 0.3 is 6.36 Å². The van der Waals surface area contributed by atoms with Gasteiger partial charge in [0, 0.05) is 41.2 Å². The van der Waals surface area contributed by atoms with Crippen LogP contribution in [0.3, 0.4) is 0 Å². The summed E-state index contributed by atoms with van der Waals surface area (Å²) in [6.07, 6.45) is -1.88. The van der Waals surface area contributed by atoms with Gasteiger partial charge in [-0.25, -0.2) is 4.39 Å². The molecule has 10 heteroatoms. The van der Waals surface area contributed by atoms with Gasteiger partial charge in [0.25, 0.3) is 5.91 Å². The Kier molecular flexibility index (Phi) is 6.65. The maximum absolute atomic E-state index is 13.5. The van der Waals surface area contributed by atoms with Crippen LogP contribution in [0.25, 0.3) is 11.1 Å². The molecule has 1 amide bonds. The quantitative estimate of drug-likeness (QED) is 0.508. The molecule has 0 aliphatic carbocycles. The molecule has 0 radical (unpaired) electrons. The van der Waals surface area contributed by atoms with E-state index in [0.717, 1.165) is 12.1 Å². The monoisotopic (exact) mass is 454 g/mol. The molecule has 31 heavy (non-hydrogen) atoms. The molecule has 0 aliphatic heterocycles. The lowest BCUT2D eigenvalue weighted by Crippen LogP contribution is -2.24. The van der Waals surface area contributed by atoms with Crippen molar-refractivity contribution in [3.8, 4) is 22.6 Å². The lowest BCUT2D eigenvalue weighted by molar-refractivity contribution is -0.274. The first-order chi connectivity index (χ1) is 14.7. The summed E-state index contributed by atoms with van der Waals surface area (Å²) in [5, 5.41) is 2.51. The minimum absolute atomic E-state index is 0.00941. The first-order valence-corrected chi connectivity index (χ1v) is 9.15. The topological polar surface area (TPSA) is 60.5 Å². The molecule has 0 aliphatic rings. The van der Waals surface area contributed by atoms with Crippen molar-refractivity contribution in [1.29, 1.82) is 0 Å². The summed E-state index contributed by atoms with van der Waals surface area (Å²) in [6.45, 7) is -0.00941. The van der Waals surface area contributed by atoms with E-state index in [1.165, 1.54) is 43.8 Å². The fourth-order valence-corrected chi connectivity index (χ4v) is 3.11. The van der Waals surface area contributed by atoms with Gasteiger partial charge < -0.3 is 14.8 Å². The smallest absolute Gasteiger partial charge is 0.496 e. The zero-order chi connectivity index (χ0) is 22.6. The van der Waals surface area contributed by atoms with Gasteiger partial charge in [0.05, 0.1) is 7.11 Å². The van der Waals surface area contributed by atoms with E-state index in [9.17, 15) is 22.4 Å². The zero-order valence-electron chi connectivity index (χ0n) is 16.0. The van der Waals surface area contributed by atoms with Gasteiger partial charge in [-0.2, -0.15) is 0 Å². The molecule has 162 valence electrons. The highest BCUT2D eigenvalue weighted by atomic mass is 35.5. The lowest BCUT2D eigenvalue weighted by atomic mass is 10.0. The Balaban J connectivity index is 1.82. The average Bonchev–Trinajstić information content (AvgIpc) is 2.70. The van der Waals surface area contributed by atoms with Gasteiger partial charge in [-0.15, -0.1) is 13.2 Å². The second-order valence-corrected chi connectivity index (χ2v) is 6.72. The number of hydrogen-bond acceptors (Lipinski definition) is 4. The van der Waals surface area contributed by atoms with E-state index < -0.39 is 23.8 Å². The second-order valence-electron chi connectivity index (χ2n) is 6.28. The summed E-state index contributed by atoms with van der Waals surface area (Å²) in [6, 6.07) is 8.81. The van der Waals surface area contributed by atoms with Crippen molar-refractivity contribution in [2.75, 3.05) is 7.11 Å². The predicted octanol–water partition coefficient (Wildman–Crippen LogP) is 5.38. The average molecular weight is 455 g/mol. The number of rotatable bonds is 6. The fraction of sp³-hybridized carbons (Fsp3) is 0.143. The Morgan fingerprint density at radius 1 is 1.13 bits per heavy atom. The SMILES string of the molecule is COc1cc(F)ccc1-c1ccncc1CNC(=O)c1cc(Cl)cc(OC(F)(F)F)c1. The minimum Gasteiger partial charge on any atom is -0.496 e. The number of alkyl halides is 3. The number of hydrogen-bond donors (Lipinski definition) is 1. The van der Waals surface area contributed by atoms with E-state index in [-0.39, 0.29) is 17.1 Å². The molecule has 1 aromatic heterocycles. The number of pyridine rings is 1. The third-order valence-electron chi connectivity index (χ3n) is 4.16. The number of carbonyl (C=O) groups is 1. The van der Waals surface area contributed by atoms with Crippen LogP contribution >= 0.6 is 11.6 Å². The number of ether oxygens (including phenoxy) is 2. The molecule has 5 nitrogen and oxygen atoms in total. The van der Waals surface area contributed by atoms with Crippen LogP contribution in [0.4, 0.5) is 17.6 Å². The van der Waals surface area contributed by atoms with Crippen LogP contribution in [-0.4, -0.2) is 24.4 Å². The molecule has 3 aromatic rings. The molecular formula is C21H15ClF4N2O3. The summed E-state index contributed by atoms with van der Waals surface area (Å²) < 4.78 is 60.0. The van der Waals surface area contributed by atoms with Crippen molar-refractivity contribution in [3.63, 3.8) is 0 Å². The third-order valence-corrected chi connectivity index (χ3v) is 4.38. The summed E-state index contributed by atoms with van der Waals surface area (Å²) in [4.78, 5) is 16.5. The normalized spacial score (nSPS) is 11.2. The van der Waals surface area contributed by atoms with Crippen molar-refractivity contribution in [2.24, 2.45) is 0 Å². The van der Waals surface area contributed by atoms with Crippen LogP contribution in [-0.2, 0) is 6.54 Å². The third kappa shape index (κ3) is 5.85. The number of halogens is 5. The van der Waals surface area contributed by atoms with Gasteiger partial charge in [-0.3, -0.25) is 9.78 Å². The molecule has 0 unspecified atom stereocenters. The van der Waals surface area contributed by atoms with Crippen LogP contribution in [0.15, 0.2) is 54.9 Å². The van der Waals surface area contributed by atoms with E-state index in [4.69, 9.17) is 16.3 Å². The summed E-state index contributed by atoms with van der Waals surface area (Å²) in [7, 11) is 1.40. The van der Waals surface area contributed by atoms with E-state index in [1.54, 1.807) is 6.07 Å². The Morgan fingerprint density at radius 3 is 2.61 bits per heavy atom. The van der Waals surface area contributed by atoms with E-state index >= 15 is 0 Å². The van der Waals surface area contributed by atoms with Crippen molar-refractivity contribution >= 4 is 17.5 Å². The molecule has 0 saturated carbocycles. The number of nitrogens with zero attached hydrogens (tertiary/aromatic N) is 1.